The number of amides is 1. The van der Waals surface area contributed by atoms with Gasteiger partial charge in [-0.25, -0.2) is 0 Å². The van der Waals surface area contributed by atoms with Crippen molar-refractivity contribution in [1.29, 1.82) is 0 Å². The smallest absolute Gasteiger partial charge is 0.322 e. The van der Waals surface area contributed by atoms with E-state index in [0.717, 1.165) is 5.56 Å². The Morgan fingerprint density at radius 1 is 1.53 bits per heavy atom. The van der Waals surface area contributed by atoms with Gasteiger partial charge in [-0.05, 0) is 17.7 Å². The van der Waals surface area contributed by atoms with Gasteiger partial charge >= 0.3 is 5.97 Å². The maximum atomic E-state index is 11.6. The van der Waals surface area contributed by atoms with E-state index < -0.39 is 12.0 Å². The van der Waals surface area contributed by atoms with Crippen LogP contribution in [0.2, 0.25) is 0 Å². The van der Waals surface area contributed by atoms with Crippen molar-refractivity contribution in [2.24, 2.45) is 0 Å². The van der Waals surface area contributed by atoms with E-state index in [2.05, 4.69) is 10.3 Å². The predicted octanol–water partition coefficient (Wildman–Crippen LogP) is -0.533. The zero-order valence-corrected chi connectivity index (χ0v) is 9.17. The molecule has 2 rings (SSSR count). The zero-order chi connectivity index (χ0) is 12.3. The molecule has 2 N–H and O–H groups in total. The number of piperazine rings is 1. The highest BCUT2D eigenvalue weighted by Crippen LogP contribution is 2.07. The van der Waals surface area contributed by atoms with Crippen molar-refractivity contribution in [3.05, 3.63) is 30.1 Å². The maximum absolute atomic E-state index is 11.6. The quantitative estimate of drug-likeness (QED) is 0.735. The summed E-state index contributed by atoms with van der Waals surface area (Å²) in [6, 6.07) is 2.94. The zero-order valence-electron chi connectivity index (χ0n) is 9.17. The number of carbonyl (C=O) groups excluding carboxylic acids is 1. The van der Waals surface area contributed by atoms with Crippen molar-refractivity contribution < 1.29 is 14.7 Å². The van der Waals surface area contributed by atoms with Crippen LogP contribution >= 0.6 is 0 Å². The van der Waals surface area contributed by atoms with Gasteiger partial charge in [-0.1, -0.05) is 0 Å². The highest BCUT2D eigenvalue weighted by molar-refractivity contribution is 5.83. The number of carbonyl (C=O) groups is 2. The van der Waals surface area contributed by atoms with Crippen LogP contribution in [0.3, 0.4) is 0 Å². The topological polar surface area (TPSA) is 82.5 Å². The summed E-state index contributed by atoms with van der Waals surface area (Å²) in [5, 5.41) is 11.6. The van der Waals surface area contributed by atoms with E-state index in [1.165, 1.54) is 0 Å². The molecular weight excluding hydrogens is 222 g/mol. The molecule has 0 radical (unpaired) electrons. The molecule has 1 aromatic heterocycles. The number of hydrogen-bond donors (Lipinski definition) is 2. The Hall–Kier alpha value is -1.95. The average molecular weight is 235 g/mol. The Morgan fingerprint density at radius 3 is 2.88 bits per heavy atom. The van der Waals surface area contributed by atoms with E-state index >= 15 is 0 Å². The summed E-state index contributed by atoms with van der Waals surface area (Å²) in [4.78, 5) is 27.9. The van der Waals surface area contributed by atoms with Gasteiger partial charge in [0.15, 0.2) is 0 Å². The van der Waals surface area contributed by atoms with Crippen LogP contribution in [0, 0.1) is 0 Å². The highest BCUT2D eigenvalue weighted by atomic mass is 16.4. The summed E-state index contributed by atoms with van der Waals surface area (Å²) in [7, 11) is 0. The van der Waals surface area contributed by atoms with E-state index in [9.17, 15) is 9.59 Å². The standard InChI is InChI=1S/C11H13N3O3/c15-10-5-13-9(11(16)17)7-14(10)6-8-1-3-12-4-2-8/h1-4,9,13H,5-7H2,(H,16,17). The number of pyridine rings is 1. The number of aliphatic carboxylic acids is 1. The summed E-state index contributed by atoms with van der Waals surface area (Å²) in [5.74, 6) is -1.02. The van der Waals surface area contributed by atoms with Crippen LogP contribution in [0.5, 0.6) is 0 Å². The molecule has 1 saturated heterocycles. The van der Waals surface area contributed by atoms with Crippen LogP contribution in [0.25, 0.3) is 0 Å². The third kappa shape index (κ3) is 2.79. The minimum Gasteiger partial charge on any atom is -0.480 e. The second-order valence-corrected chi connectivity index (χ2v) is 3.90. The summed E-state index contributed by atoms with van der Waals surface area (Å²) in [6.07, 6.45) is 3.30. The Labute approximate surface area is 98.3 Å². The lowest BCUT2D eigenvalue weighted by Crippen LogP contribution is -2.56. The van der Waals surface area contributed by atoms with E-state index in [1.807, 2.05) is 12.1 Å². The molecule has 1 fully saturated rings. The second-order valence-electron chi connectivity index (χ2n) is 3.90. The molecule has 1 aliphatic rings. The van der Waals surface area contributed by atoms with Crippen LogP contribution < -0.4 is 5.32 Å². The van der Waals surface area contributed by atoms with Crippen molar-refractivity contribution in [1.82, 2.24) is 15.2 Å². The predicted molar refractivity (Wildman–Crippen MR) is 59.1 cm³/mol. The van der Waals surface area contributed by atoms with Gasteiger partial charge < -0.3 is 10.0 Å². The normalized spacial score (nSPS) is 20.4. The average Bonchev–Trinajstić information content (AvgIpc) is 2.33. The van der Waals surface area contributed by atoms with Crippen LogP contribution in [0.4, 0.5) is 0 Å². The lowest BCUT2D eigenvalue weighted by molar-refractivity contribution is -0.144. The molecule has 1 aliphatic heterocycles. The number of aromatic nitrogens is 1. The number of carboxylic acids is 1. The van der Waals surface area contributed by atoms with Crippen LogP contribution in [-0.2, 0) is 16.1 Å². The van der Waals surface area contributed by atoms with Gasteiger partial charge in [0.05, 0.1) is 6.54 Å². The van der Waals surface area contributed by atoms with Gasteiger partial charge in [-0.3, -0.25) is 19.9 Å². The molecule has 1 atom stereocenters. The molecule has 0 saturated carbocycles. The lowest BCUT2D eigenvalue weighted by atomic mass is 10.1. The third-order valence-corrected chi connectivity index (χ3v) is 2.68. The van der Waals surface area contributed by atoms with Crippen molar-refractivity contribution in [2.75, 3.05) is 13.1 Å². The van der Waals surface area contributed by atoms with Gasteiger partial charge in [0.25, 0.3) is 0 Å². The molecule has 1 unspecified atom stereocenters. The van der Waals surface area contributed by atoms with E-state index in [-0.39, 0.29) is 19.0 Å². The van der Waals surface area contributed by atoms with Crippen molar-refractivity contribution in [3.8, 4) is 0 Å². The fourth-order valence-electron chi connectivity index (χ4n) is 1.74. The molecule has 0 spiro atoms. The molecule has 0 aromatic carbocycles. The monoisotopic (exact) mass is 235 g/mol. The molecule has 1 aromatic rings. The molecule has 2 heterocycles. The first-order valence-corrected chi connectivity index (χ1v) is 5.29. The molecule has 1 amide bonds. The largest absolute Gasteiger partial charge is 0.480 e. The third-order valence-electron chi connectivity index (χ3n) is 2.68. The van der Waals surface area contributed by atoms with E-state index in [1.54, 1.807) is 17.3 Å². The van der Waals surface area contributed by atoms with Crippen molar-refractivity contribution in [2.45, 2.75) is 12.6 Å². The summed E-state index contributed by atoms with van der Waals surface area (Å²) < 4.78 is 0. The molecule has 90 valence electrons. The van der Waals surface area contributed by atoms with Gasteiger partial charge in [-0.15, -0.1) is 0 Å². The number of hydrogen-bond acceptors (Lipinski definition) is 4. The number of rotatable bonds is 3. The Morgan fingerprint density at radius 2 is 2.24 bits per heavy atom. The first kappa shape index (κ1) is 11.5. The van der Waals surface area contributed by atoms with Gasteiger partial charge in [0, 0.05) is 25.5 Å². The lowest BCUT2D eigenvalue weighted by Gasteiger charge is -2.31. The first-order chi connectivity index (χ1) is 8.16. The number of carboxylic acid groups (broad SMARTS) is 1. The highest BCUT2D eigenvalue weighted by Gasteiger charge is 2.29. The molecule has 6 nitrogen and oxygen atoms in total. The van der Waals surface area contributed by atoms with Gasteiger partial charge in [0.2, 0.25) is 5.91 Å². The Bertz CT molecular complexity index is 421. The summed E-state index contributed by atoms with van der Waals surface area (Å²) in [5.41, 5.74) is 0.944. The Kier molecular flexibility index (Phi) is 3.34. The second kappa shape index (κ2) is 4.92. The van der Waals surface area contributed by atoms with E-state index in [0.29, 0.717) is 6.54 Å². The fraction of sp³-hybridized carbons (Fsp3) is 0.364. The number of nitrogens with zero attached hydrogens (tertiary/aromatic N) is 2. The van der Waals surface area contributed by atoms with Gasteiger partial charge in [0.1, 0.15) is 6.04 Å². The fourth-order valence-corrected chi connectivity index (χ4v) is 1.74. The first-order valence-electron chi connectivity index (χ1n) is 5.29. The maximum Gasteiger partial charge on any atom is 0.322 e. The molecule has 17 heavy (non-hydrogen) atoms. The van der Waals surface area contributed by atoms with Crippen molar-refractivity contribution >= 4 is 11.9 Å². The van der Waals surface area contributed by atoms with Crippen LogP contribution in [0.1, 0.15) is 5.56 Å². The Balaban J connectivity index is 2.04. The SMILES string of the molecule is O=C(O)C1CN(Cc2ccncc2)C(=O)CN1. The molecule has 0 bridgehead atoms. The molecular formula is C11H13N3O3. The van der Waals surface area contributed by atoms with Crippen molar-refractivity contribution in [3.63, 3.8) is 0 Å². The van der Waals surface area contributed by atoms with E-state index in [4.69, 9.17) is 5.11 Å². The van der Waals surface area contributed by atoms with Gasteiger partial charge in [-0.2, -0.15) is 0 Å². The molecule has 6 heteroatoms. The minimum atomic E-state index is -0.933. The molecule has 0 aliphatic carbocycles. The summed E-state index contributed by atoms with van der Waals surface area (Å²) in [6.45, 7) is 0.686. The minimum absolute atomic E-state index is 0.0715. The van der Waals surface area contributed by atoms with Crippen LogP contribution in [0.15, 0.2) is 24.5 Å². The summed E-state index contributed by atoms with van der Waals surface area (Å²) >= 11 is 0. The van der Waals surface area contributed by atoms with Crippen LogP contribution in [-0.4, -0.2) is 46.0 Å². The number of nitrogens with one attached hydrogen (secondary N) is 1.